The van der Waals surface area contributed by atoms with E-state index in [4.69, 9.17) is 10.5 Å². The number of methoxy groups -OCH3 is 1. The third-order valence-electron chi connectivity index (χ3n) is 1.57. The molecule has 0 unspecified atom stereocenters. The molecule has 1 aromatic rings. The maximum Gasteiger partial charge on any atom is 0.216 e. The lowest BCUT2D eigenvalue weighted by Crippen LogP contribution is -2.22. The van der Waals surface area contributed by atoms with Crippen molar-refractivity contribution in [3.05, 3.63) is 18.1 Å². The maximum absolute atomic E-state index is 5.81. The van der Waals surface area contributed by atoms with E-state index >= 15 is 0 Å². The van der Waals surface area contributed by atoms with Gasteiger partial charge in [0, 0.05) is 6.07 Å². The molecule has 0 aromatic carbocycles. The summed E-state index contributed by atoms with van der Waals surface area (Å²) in [5, 5.41) is 0. The Morgan fingerprint density at radius 2 is 2.07 bits per heavy atom. The van der Waals surface area contributed by atoms with Gasteiger partial charge < -0.3 is 10.5 Å². The van der Waals surface area contributed by atoms with Crippen molar-refractivity contribution in [3.63, 3.8) is 0 Å². The van der Waals surface area contributed by atoms with E-state index in [0.717, 1.165) is 0 Å². The zero-order valence-corrected chi connectivity index (χ0v) is 9.48. The Labute approximate surface area is 89.4 Å². The lowest BCUT2D eigenvalue weighted by molar-refractivity contribution is 0.396. The van der Waals surface area contributed by atoms with E-state index in [1.165, 1.54) is 6.33 Å². The molecule has 0 fully saturated rings. The van der Waals surface area contributed by atoms with Crippen LogP contribution in [0.3, 0.4) is 0 Å². The van der Waals surface area contributed by atoms with Crippen LogP contribution >= 0.6 is 0 Å². The van der Waals surface area contributed by atoms with Crippen LogP contribution in [0.5, 0.6) is 5.88 Å². The molecule has 0 bridgehead atoms. The van der Waals surface area contributed by atoms with E-state index in [1.807, 2.05) is 20.8 Å². The van der Waals surface area contributed by atoms with Crippen LogP contribution in [0, 0.1) is 0 Å². The molecular formula is C10H16N4O. The average molecular weight is 208 g/mol. The standard InChI is InChI=1S/C10H16N4O/c1-10(2,3)14-9(11)7-5-8(15-4)13-6-12-7/h5-6H,1-4H3,(H2,11,14). The zero-order chi connectivity index (χ0) is 11.5. The lowest BCUT2D eigenvalue weighted by atomic mass is 10.1. The van der Waals surface area contributed by atoms with Gasteiger partial charge in [0.25, 0.3) is 0 Å². The summed E-state index contributed by atoms with van der Waals surface area (Å²) in [6, 6.07) is 1.66. The minimum absolute atomic E-state index is 0.220. The summed E-state index contributed by atoms with van der Waals surface area (Å²) in [6.07, 6.45) is 1.40. The zero-order valence-electron chi connectivity index (χ0n) is 9.48. The van der Waals surface area contributed by atoms with Crippen LogP contribution in [0.2, 0.25) is 0 Å². The summed E-state index contributed by atoms with van der Waals surface area (Å²) in [5.74, 6) is 0.871. The van der Waals surface area contributed by atoms with Gasteiger partial charge in [-0.05, 0) is 20.8 Å². The Morgan fingerprint density at radius 3 is 2.60 bits per heavy atom. The third kappa shape index (κ3) is 3.53. The molecule has 2 N–H and O–H groups in total. The van der Waals surface area contributed by atoms with Gasteiger partial charge >= 0.3 is 0 Å². The van der Waals surface area contributed by atoms with Crippen molar-refractivity contribution in [2.75, 3.05) is 7.11 Å². The molecule has 5 heteroatoms. The molecule has 0 spiro atoms. The van der Waals surface area contributed by atoms with Gasteiger partial charge in [-0.3, -0.25) is 4.99 Å². The fourth-order valence-electron chi connectivity index (χ4n) is 1.01. The van der Waals surface area contributed by atoms with E-state index in [-0.39, 0.29) is 5.54 Å². The van der Waals surface area contributed by atoms with Gasteiger partial charge in [-0.25, -0.2) is 9.97 Å². The fourth-order valence-corrected chi connectivity index (χ4v) is 1.01. The van der Waals surface area contributed by atoms with Gasteiger partial charge in [-0.1, -0.05) is 0 Å². The lowest BCUT2D eigenvalue weighted by Gasteiger charge is -2.13. The summed E-state index contributed by atoms with van der Waals surface area (Å²) >= 11 is 0. The molecule has 1 rings (SSSR count). The van der Waals surface area contributed by atoms with Crippen LogP contribution in [0.1, 0.15) is 26.5 Å². The van der Waals surface area contributed by atoms with E-state index in [1.54, 1.807) is 13.2 Å². The van der Waals surface area contributed by atoms with E-state index in [0.29, 0.717) is 17.4 Å². The summed E-state index contributed by atoms with van der Waals surface area (Å²) in [6.45, 7) is 5.91. The number of hydrogen-bond donors (Lipinski definition) is 1. The highest BCUT2D eigenvalue weighted by Gasteiger charge is 2.10. The predicted octanol–water partition coefficient (Wildman–Crippen LogP) is 0.989. The van der Waals surface area contributed by atoms with E-state index in [9.17, 15) is 0 Å². The molecule has 1 aromatic heterocycles. The molecule has 0 radical (unpaired) electrons. The second kappa shape index (κ2) is 4.25. The van der Waals surface area contributed by atoms with Crippen LogP contribution in [0.25, 0.3) is 0 Å². The van der Waals surface area contributed by atoms with Crippen molar-refractivity contribution in [1.29, 1.82) is 0 Å². The van der Waals surface area contributed by atoms with Crippen molar-refractivity contribution in [3.8, 4) is 5.88 Å². The Balaban J connectivity index is 3.01. The van der Waals surface area contributed by atoms with Crippen molar-refractivity contribution < 1.29 is 4.74 Å². The first-order valence-corrected chi connectivity index (χ1v) is 4.64. The first-order valence-electron chi connectivity index (χ1n) is 4.64. The molecule has 0 saturated carbocycles. The number of nitrogens with zero attached hydrogens (tertiary/aromatic N) is 3. The topological polar surface area (TPSA) is 73.4 Å². The number of amidine groups is 1. The average Bonchev–Trinajstić information content (AvgIpc) is 2.15. The largest absolute Gasteiger partial charge is 0.481 e. The molecule has 15 heavy (non-hydrogen) atoms. The minimum Gasteiger partial charge on any atom is -0.481 e. The van der Waals surface area contributed by atoms with E-state index < -0.39 is 0 Å². The third-order valence-corrected chi connectivity index (χ3v) is 1.57. The van der Waals surface area contributed by atoms with Gasteiger partial charge in [-0.15, -0.1) is 0 Å². The maximum atomic E-state index is 5.81. The number of aromatic nitrogens is 2. The normalized spacial score (nSPS) is 12.7. The molecule has 0 aliphatic carbocycles. The van der Waals surface area contributed by atoms with Crippen LogP contribution in [-0.2, 0) is 0 Å². The number of rotatable bonds is 2. The highest BCUT2D eigenvalue weighted by molar-refractivity contribution is 5.96. The Hall–Kier alpha value is -1.65. The molecule has 1 heterocycles. The first-order chi connectivity index (χ1) is 6.92. The Bertz CT molecular complexity index is 368. The van der Waals surface area contributed by atoms with Crippen LogP contribution in [0.4, 0.5) is 0 Å². The number of ether oxygens (including phenoxy) is 1. The summed E-state index contributed by atoms with van der Waals surface area (Å²) in [5.41, 5.74) is 6.17. The molecule has 0 aliphatic rings. The molecule has 5 nitrogen and oxygen atoms in total. The summed E-state index contributed by atoms with van der Waals surface area (Å²) < 4.78 is 4.97. The molecular weight excluding hydrogens is 192 g/mol. The van der Waals surface area contributed by atoms with Gasteiger partial charge in [-0.2, -0.15) is 0 Å². The first kappa shape index (κ1) is 11.4. The van der Waals surface area contributed by atoms with E-state index in [2.05, 4.69) is 15.0 Å². The van der Waals surface area contributed by atoms with Gasteiger partial charge in [0.1, 0.15) is 17.9 Å². The van der Waals surface area contributed by atoms with Crippen molar-refractivity contribution in [2.24, 2.45) is 10.7 Å². The van der Waals surface area contributed by atoms with Crippen LogP contribution in [-0.4, -0.2) is 28.5 Å². The predicted molar refractivity (Wildman–Crippen MR) is 59.1 cm³/mol. The van der Waals surface area contributed by atoms with Crippen molar-refractivity contribution in [1.82, 2.24) is 9.97 Å². The van der Waals surface area contributed by atoms with Crippen LogP contribution < -0.4 is 10.5 Å². The number of nitrogens with two attached hydrogens (primary N) is 1. The molecule has 0 saturated heterocycles. The molecule has 82 valence electrons. The highest BCUT2D eigenvalue weighted by Crippen LogP contribution is 2.10. The van der Waals surface area contributed by atoms with Gasteiger partial charge in [0.15, 0.2) is 0 Å². The van der Waals surface area contributed by atoms with Gasteiger partial charge in [0.2, 0.25) is 5.88 Å². The second-order valence-electron chi connectivity index (χ2n) is 4.11. The van der Waals surface area contributed by atoms with Crippen molar-refractivity contribution >= 4 is 5.84 Å². The molecule has 0 atom stereocenters. The second-order valence-corrected chi connectivity index (χ2v) is 4.11. The van der Waals surface area contributed by atoms with Crippen LogP contribution in [0.15, 0.2) is 17.4 Å². The molecule has 0 aliphatic heterocycles. The smallest absolute Gasteiger partial charge is 0.216 e. The minimum atomic E-state index is -0.220. The number of aliphatic imine (C=N–C) groups is 1. The SMILES string of the molecule is COc1cc(C(N)=NC(C)(C)C)ncn1. The van der Waals surface area contributed by atoms with Gasteiger partial charge in [0.05, 0.1) is 12.6 Å². The quantitative estimate of drug-likeness (QED) is 0.581. The summed E-state index contributed by atoms with van der Waals surface area (Å²) in [4.78, 5) is 12.2. The van der Waals surface area contributed by atoms with Crippen molar-refractivity contribution in [2.45, 2.75) is 26.3 Å². The fraction of sp³-hybridized carbons (Fsp3) is 0.500. The Morgan fingerprint density at radius 1 is 1.40 bits per heavy atom. The number of hydrogen-bond acceptors (Lipinski definition) is 4. The highest BCUT2D eigenvalue weighted by atomic mass is 16.5. The Kier molecular flexibility index (Phi) is 3.24. The summed E-state index contributed by atoms with van der Waals surface area (Å²) in [7, 11) is 1.54. The molecule has 0 amide bonds. The monoisotopic (exact) mass is 208 g/mol.